The maximum absolute atomic E-state index is 13.2. The molecule has 2 aromatic rings. The molecule has 0 unspecified atom stereocenters. The molecular weight excluding hydrogens is 317 g/mol. The molecule has 0 saturated carbocycles. The van der Waals surface area contributed by atoms with Crippen molar-refractivity contribution >= 4 is 21.6 Å². The van der Waals surface area contributed by atoms with Gasteiger partial charge in [0.1, 0.15) is 10.7 Å². The van der Waals surface area contributed by atoms with Gasteiger partial charge < -0.3 is 5.11 Å². The van der Waals surface area contributed by atoms with Crippen molar-refractivity contribution in [2.24, 2.45) is 0 Å². The maximum atomic E-state index is 13.2. The fraction of sp³-hybridized carbons (Fsp3) is 0.143. The Morgan fingerprint density at radius 3 is 2.48 bits per heavy atom. The van der Waals surface area contributed by atoms with Crippen LogP contribution in [-0.4, -0.2) is 20.1 Å². The summed E-state index contributed by atoms with van der Waals surface area (Å²) >= 11 is 5.81. The van der Waals surface area contributed by atoms with Crippen LogP contribution in [0.1, 0.15) is 11.6 Å². The first-order chi connectivity index (χ1) is 9.94. The summed E-state index contributed by atoms with van der Waals surface area (Å²) < 4.78 is 40.1. The average molecular weight is 330 g/mol. The van der Waals surface area contributed by atoms with Gasteiger partial charge in [-0.1, -0.05) is 41.9 Å². The normalized spacial score (nSPS) is 13.1. The van der Waals surface area contributed by atoms with Crippen molar-refractivity contribution in [3.63, 3.8) is 0 Å². The van der Waals surface area contributed by atoms with Gasteiger partial charge in [-0.3, -0.25) is 0 Å². The second kappa shape index (κ2) is 6.53. The highest BCUT2D eigenvalue weighted by molar-refractivity contribution is 7.89. The van der Waals surface area contributed by atoms with Gasteiger partial charge in [0.2, 0.25) is 10.0 Å². The predicted octanol–water partition coefficient (Wildman–Crippen LogP) is 2.49. The molecule has 0 aromatic heterocycles. The third-order valence-corrected chi connectivity index (χ3v) is 4.82. The highest BCUT2D eigenvalue weighted by atomic mass is 35.5. The zero-order valence-electron chi connectivity index (χ0n) is 10.8. The van der Waals surface area contributed by atoms with E-state index in [1.165, 1.54) is 6.07 Å². The fourth-order valence-corrected chi connectivity index (χ4v) is 3.56. The summed E-state index contributed by atoms with van der Waals surface area (Å²) in [5, 5.41) is 9.29. The van der Waals surface area contributed by atoms with Crippen molar-refractivity contribution in [1.82, 2.24) is 4.72 Å². The summed E-state index contributed by atoms with van der Waals surface area (Å²) in [6.07, 6.45) is 0. The van der Waals surface area contributed by atoms with Crippen LogP contribution in [0.25, 0.3) is 0 Å². The van der Waals surface area contributed by atoms with Gasteiger partial charge in [-0.25, -0.2) is 17.5 Å². The van der Waals surface area contributed by atoms with Gasteiger partial charge >= 0.3 is 0 Å². The Balaban J connectivity index is 2.34. The SMILES string of the molecule is O=S(=O)(N[C@@H](CO)c1ccccc1)c1cc(F)ccc1Cl. The number of aliphatic hydroxyl groups excluding tert-OH is 1. The van der Waals surface area contributed by atoms with Crippen LogP contribution in [0, 0.1) is 5.82 Å². The summed E-state index contributed by atoms with van der Waals surface area (Å²) in [5.41, 5.74) is 0.594. The molecule has 2 rings (SSSR count). The van der Waals surface area contributed by atoms with Gasteiger partial charge in [0.15, 0.2) is 0 Å². The van der Waals surface area contributed by atoms with Crippen LogP contribution >= 0.6 is 11.6 Å². The molecule has 0 saturated heterocycles. The number of hydrogen-bond donors (Lipinski definition) is 2. The van der Waals surface area contributed by atoms with Crippen molar-refractivity contribution in [2.75, 3.05) is 6.61 Å². The Hall–Kier alpha value is -1.47. The maximum Gasteiger partial charge on any atom is 0.242 e. The minimum atomic E-state index is -4.05. The Kier molecular flexibility index (Phi) is 4.95. The third-order valence-electron chi connectivity index (χ3n) is 2.86. The average Bonchev–Trinajstić information content (AvgIpc) is 2.48. The van der Waals surface area contributed by atoms with E-state index in [1.54, 1.807) is 30.3 Å². The summed E-state index contributed by atoms with van der Waals surface area (Å²) in [4.78, 5) is -0.362. The van der Waals surface area contributed by atoms with Crippen molar-refractivity contribution in [1.29, 1.82) is 0 Å². The van der Waals surface area contributed by atoms with Gasteiger partial charge in [0, 0.05) is 0 Å². The van der Waals surface area contributed by atoms with Gasteiger partial charge in [-0.2, -0.15) is 0 Å². The molecule has 0 bridgehead atoms. The van der Waals surface area contributed by atoms with Crippen molar-refractivity contribution in [2.45, 2.75) is 10.9 Å². The van der Waals surface area contributed by atoms with Crippen LogP contribution in [0.2, 0.25) is 5.02 Å². The Bertz CT molecular complexity index is 722. The highest BCUT2D eigenvalue weighted by Gasteiger charge is 2.23. The van der Waals surface area contributed by atoms with E-state index in [2.05, 4.69) is 4.72 Å². The van der Waals surface area contributed by atoms with Crippen LogP contribution in [0.15, 0.2) is 53.4 Å². The topological polar surface area (TPSA) is 66.4 Å². The van der Waals surface area contributed by atoms with E-state index < -0.39 is 28.5 Å². The molecule has 0 fully saturated rings. The van der Waals surface area contributed by atoms with E-state index in [1.807, 2.05) is 0 Å². The molecule has 112 valence electrons. The lowest BCUT2D eigenvalue weighted by Crippen LogP contribution is -2.31. The van der Waals surface area contributed by atoms with E-state index in [-0.39, 0.29) is 9.92 Å². The highest BCUT2D eigenvalue weighted by Crippen LogP contribution is 2.24. The molecule has 0 heterocycles. The number of sulfonamides is 1. The Morgan fingerprint density at radius 2 is 1.86 bits per heavy atom. The lowest BCUT2D eigenvalue weighted by molar-refractivity contribution is 0.259. The predicted molar refractivity (Wildman–Crippen MR) is 78.0 cm³/mol. The summed E-state index contributed by atoms with van der Waals surface area (Å²) in [7, 11) is -4.05. The van der Waals surface area contributed by atoms with Gasteiger partial charge in [0.05, 0.1) is 17.7 Å². The number of aliphatic hydroxyl groups is 1. The molecule has 0 radical (unpaired) electrons. The molecule has 7 heteroatoms. The molecule has 0 aliphatic rings. The molecule has 0 amide bonds. The number of halogens is 2. The zero-order chi connectivity index (χ0) is 15.5. The van der Waals surface area contributed by atoms with Gasteiger partial charge in [-0.05, 0) is 23.8 Å². The van der Waals surface area contributed by atoms with Crippen LogP contribution in [0.5, 0.6) is 0 Å². The van der Waals surface area contributed by atoms with Crippen molar-refractivity contribution in [3.05, 3.63) is 64.9 Å². The molecule has 0 spiro atoms. The number of benzene rings is 2. The smallest absolute Gasteiger partial charge is 0.242 e. The second-order valence-corrected chi connectivity index (χ2v) is 6.43. The standard InChI is InChI=1S/C14H13ClFNO3S/c15-12-7-6-11(16)8-14(12)21(19,20)17-13(9-18)10-4-2-1-3-5-10/h1-8,13,17-18H,9H2/t13-/m0/s1. The molecule has 1 atom stereocenters. The first-order valence-corrected chi connectivity index (χ1v) is 7.93. The van der Waals surface area contributed by atoms with Gasteiger partial charge in [-0.15, -0.1) is 0 Å². The minimum Gasteiger partial charge on any atom is -0.394 e. The number of hydrogen-bond acceptors (Lipinski definition) is 3. The van der Waals surface area contributed by atoms with Crippen LogP contribution in [-0.2, 0) is 10.0 Å². The van der Waals surface area contributed by atoms with E-state index in [0.29, 0.717) is 5.56 Å². The van der Waals surface area contributed by atoms with Crippen LogP contribution < -0.4 is 4.72 Å². The van der Waals surface area contributed by atoms with E-state index >= 15 is 0 Å². The summed E-state index contributed by atoms with van der Waals surface area (Å²) in [6.45, 7) is -0.434. The van der Waals surface area contributed by atoms with E-state index in [0.717, 1.165) is 12.1 Å². The first-order valence-electron chi connectivity index (χ1n) is 6.07. The Labute approximate surface area is 127 Å². The molecular formula is C14H13ClFNO3S. The lowest BCUT2D eigenvalue weighted by Gasteiger charge is -2.17. The van der Waals surface area contributed by atoms with Crippen LogP contribution in [0.3, 0.4) is 0 Å². The van der Waals surface area contributed by atoms with Crippen molar-refractivity contribution in [3.8, 4) is 0 Å². The minimum absolute atomic E-state index is 0.0892. The Morgan fingerprint density at radius 1 is 1.19 bits per heavy atom. The van der Waals surface area contributed by atoms with E-state index in [4.69, 9.17) is 11.6 Å². The molecule has 2 N–H and O–H groups in total. The molecule has 4 nitrogen and oxygen atoms in total. The molecule has 21 heavy (non-hydrogen) atoms. The third kappa shape index (κ3) is 3.79. The number of rotatable bonds is 5. The fourth-order valence-electron chi connectivity index (χ4n) is 1.83. The van der Waals surface area contributed by atoms with Gasteiger partial charge in [0.25, 0.3) is 0 Å². The zero-order valence-corrected chi connectivity index (χ0v) is 12.4. The summed E-state index contributed by atoms with van der Waals surface area (Å²) in [6, 6.07) is 10.8. The quantitative estimate of drug-likeness (QED) is 0.885. The van der Waals surface area contributed by atoms with Crippen LogP contribution in [0.4, 0.5) is 4.39 Å². The first kappa shape index (κ1) is 15.9. The molecule has 0 aliphatic carbocycles. The summed E-state index contributed by atoms with van der Waals surface area (Å²) in [5.74, 6) is -0.708. The molecule has 0 aliphatic heterocycles. The lowest BCUT2D eigenvalue weighted by atomic mass is 10.1. The van der Waals surface area contributed by atoms with Crippen molar-refractivity contribution < 1.29 is 17.9 Å². The molecule has 2 aromatic carbocycles. The second-order valence-electron chi connectivity index (χ2n) is 4.34. The monoisotopic (exact) mass is 329 g/mol. The number of nitrogens with one attached hydrogen (secondary N) is 1. The van der Waals surface area contributed by atoms with E-state index in [9.17, 15) is 17.9 Å². The largest absolute Gasteiger partial charge is 0.394 e.